The first-order chi connectivity index (χ1) is 5.56. The minimum absolute atomic E-state index is 0.563. The molecule has 2 nitrogen and oxygen atoms in total. The Hall–Kier alpha value is -0.0151. The van der Waals surface area contributed by atoms with Crippen molar-refractivity contribution >= 4 is 7.12 Å². The average Bonchev–Trinajstić information content (AvgIpc) is 2.00. The van der Waals surface area contributed by atoms with Crippen molar-refractivity contribution in [3.8, 4) is 0 Å². The van der Waals surface area contributed by atoms with E-state index < -0.39 is 25.1 Å². The Bertz CT molecular complexity index is 196. The zero-order valence-corrected chi connectivity index (χ0v) is 6.89. The maximum atomic E-state index is 7.17. The van der Waals surface area contributed by atoms with E-state index in [0.29, 0.717) is 0 Å². The molecule has 1 saturated heterocycles. The van der Waals surface area contributed by atoms with Gasteiger partial charge in [0, 0.05) is 4.11 Å². The minimum Gasteiger partial charge on any atom is -0.403 e. The first-order valence-corrected chi connectivity index (χ1v) is 3.42. The number of rotatable bonds is 0. The monoisotopic (exact) mass is 146 g/mol. The van der Waals surface area contributed by atoms with Crippen molar-refractivity contribution in [1.29, 1.82) is 0 Å². The smallest absolute Gasteiger partial charge is 0.403 e. The third-order valence-corrected chi connectivity index (χ3v) is 2.25. The van der Waals surface area contributed by atoms with Crippen LogP contribution in [0.25, 0.3) is 0 Å². The van der Waals surface area contributed by atoms with Crippen molar-refractivity contribution in [2.24, 2.45) is 0 Å². The Labute approximate surface area is 67.3 Å². The van der Waals surface area contributed by atoms with Crippen molar-refractivity contribution < 1.29 is 13.4 Å². The Balaban J connectivity index is 2.83. The summed E-state index contributed by atoms with van der Waals surface area (Å²) in [5.74, 6) is 0. The molecule has 0 unspecified atom stereocenters. The van der Waals surface area contributed by atoms with Gasteiger partial charge < -0.3 is 9.31 Å². The third kappa shape index (κ3) is 1.08. The molecule has 0 aromatic carbocycles. The topological polar surface area (TPSA) is 18.5 Å². The quantitative estimate of drug-likeness (QED) is 0.382. The van der Waals surface area contributed by atoms with Crippen LogP contribution in [0.3, 0.4) is 0 Å². The molecule has 1 aliphatic rings. The van der Waals surface area contributed by atoms with Gasteiger partial charge in [-0.1, -0.05) is 0 Å². The highest BCUT2D eigenvalue weighted by molar-refractivity contribution is 6.43. The van der Waals surface area contributed by atoms with Crippen molar-refractivity contribution in [1.82, 2.24) is 0 Å². The van der Waals surface area contributed by atoms with Crippen molar-refractivity contribution in [2.45, 2.75) is 45.6 Å². The molecular formula is C7H15BO2. The van der Waals surface area contributed by atoms with Gasteiger partial charge in [0.15, 0.2) is 0 Å². The summed E-state index contributed by atoms with van der Waals surface area (Å²) in [7, 11) is -1.10. The lowest BCUT2D eigenvalue weighted by Crippen LogP contribution is -2.41. The molecule has 0 N–H and O–H groups in total. The molecule has 0 spiro atoms. The zero-order chi connectivity index (χ0) is 10.5. The molecule has 1 aliphatic heterocycles. The standard InChI is InChI=1S/C7H15BO2/c1-6(2)7(3,4)10-8(5)9-6/h1-5H3/i5+1D3. The van der Waals surface area contributed by atoms with Crippen LogP contribution in [0, 0.1) is 0 Å². The van der Waals surface area contributed by atoms with E-state index in [1.807, 2.05) is 27.7 Å². The SMILES string of the molecule is [2H][13C]([2H])([2H])B1OC(C)(C)C(C)(C)O1. The summed E-state index contributed by atoms with van der Waals surface area (Å²) in [6.45, 7) is 5.12. The highest BCUT2D eigenvalue weighted by Crippen LogP contribution is 2.36. The minimum atomic E-state index is -2.20. The molecule has 0 saturated carbocycles. The second-order valence-electron chi connectivity index (χ2n) is 3.59. The Kier molecular flexibility index (Phi) is 0.949. The van der Waals surface area contributed by atoms with Gasteiger partial charge in [-0.05, 0) is 34.4 Å². The predicted octanol–water partition coefficient (Wildman–Crippen LogP) is 1.71. The summed E-state index contributed by atoms with van der Waals surface area (Å²) in [5.41, 5.74) is -1.13. The lowest BCUT2D eigenvalue weighted by atomic mass is 9.90. The summed E-state index contributed by atoms with van der Waals surface area (Å²) in [6, 6.07) is 0. The van der Waals surface area contributed by atoms with E-state index in [1.165, 1.54) is 0 Å². The Morgan fingerprint density at radius 1 is 1.10 bits per heavy atom. The molecule has 0 aromatic rings. The number of hydrogen-bond donors (Lipinski definition) is 0. The lowest BCUT2D eigenvalue weighted by molar-refractivity contribution is 0.00578. The Morgan fingerprint density at radius 3 is 1.70 bits per heavy atom. The second-order valence-corrected chi connectivity index (χ2v) is 3.59. The van der Waals surface area contributed by atoms with Crippen LogP contribution in [0.4, 0.5) is 0 Å². The van der Waals surface area contributed by atoms with Gasteiger partial charge >= 0.3 is 7.12 Å². The fourth-order valence-electron chi connectivity index (χ4n) is 0.843. The van der Waals surface area contributed by atoms with Crippen molar-refractivity contribution in [3.63, 3.8) is 0 Å². The molecule has 0 bridgehead atoms. The van der Waals surface area contributed by atoms with Crippen LogP contribution >= 0.6 is 0 Å². The fourth-order valence-corrected chi connectivity index (χ4v) is 0.843. The first kappa shape index (κ1) is 4.78. The van der Waals surface area contributed by atoms with Gasteiger partial charge in [0.05, 0.1) is 11.2 Å². The van der Waals surface area contributed by atoms with Gasteiger partial charge in [0.25, 0.3) is 0 Å². The molecule has 1 rings (SSSR count). The highest BCUT2D eigenvalue weighted by Gasteiger charge is 2.48. The van der Waals surface area contributed by atoms with E-state index in [2.05, 4.69) is 0 Å². The van der Waals surface area contributed by atoms with E-state index >= 15 is 0 Å². The van der Waals surface area contributed by atoms with Crippen LogP contribution in [0.1, 0.15) is 31.8 Å². The molecule has 0 atom stereocenters. The van der Waals surface area contributed by atoms with Crippen LogP contribution < -0.4 is 0 Å². The molecule has 0 aromatic heterocycles. The zero-order valence-electron chi connectivity index (χ0n) is 9.89. The predicted molar refractivity (Wildman–Crippen MR) is 41.9 cm³/mol. The van der Waals surface area contributed by atoms with Gasteiger partial charge in [-0.2, -0.15) is 0 Å². The summed E-state index contributed by atoms with van der Waals surface area (Å²) in [5, 5.41) is 0. The van der Waals surface area contributed by atoms with Gasteiger partial charge in [0.2, 0.25) is 0 Å². The third-order valence-electron chi connectivity index (χ3n) is 2.25. The van der Waals surface area contributed by atoms with E-state index in [0.717, 1.165) is 0 Å². The normalized spacial score (nSPS) is 34.8. The van der Waals surface area contributed by atoms with Gasteiger partial charge in [-0.25, -0.2) is 0 Å². The van der Waals surface area contributed by atoms with Crippen LogP contribution in [0.15, 0.2) is 0 Å². The second kappa shape index (κ2) is 1.99. The van der Waals surface area contributed by atoms with Crippen LogP contribution in [-0.2, 0) is 9.31 Å². The largest absolute Gasteiger partial charge is 0.454 e. The van der Waals surface area contributed by atoms with Crippen LogP contribution in [0.2, 0.25) is 6.75 Å². The fraction of sp³-hybridized carbons (Fsp3) is 1.00. The first-order valence-electron chi connectivity index (χ1n) is 4.92. The van der Waals surface area contributed by atoms with E-state index in [-0.39, 0.29) is 0 Å². The van der Waals surface area contributed by atoms with Gasteiger partial charge in [0.1, 0.15) is 0 Å². The summed E-state index contributed by atoms with van der Waals surface area (Å²) < 4.78 is 32.2. The van der Waals surface area contributed by atoms with Crippen LogP contribution in [0.5, 0.6) is 0 Å². The molecule has 10 heavy (non-hydrogen) atoms. The molecule has 1 fully saturated rings. The summed E-state index contributed by atoms with van der Waals surface area (Å²) >= 11 is 0. The molecule has 3 heteroatoms. The number of hydrogen-bond acceptors (Lipinski definition) is 2. The molecule has 1 heterocycles. The summed E-state index contributed by atoms with van der Waals surface area (Å²) in [6.07, 6.45) is 0. The maximum absolute atomic E-state index is 7.17. The van der Waals surface area contributed by atoms with E-state index in [1.54, 1.807) is 0 Å². The molecule has 0 aliphatic carbocycles. The maximum Gasteiger partial charge on any atom is 0.454 e. The van der Waals surface area contributed by atoms with Crippen molar-refractivity contribution in [2.75, 3.05) is 0 Å². The molecular weight excluding hydrogens is 128 g/mol. The van der Waals surface area contributed by atoms with E-state index in [9.17, 15) is 0 Å². The van der Waals surface area contributed by atoms with Crippen LogP contribution in [-0.4, -0.2) is 18.3 Å². The van der Waals surface area contributed by atoms with Crippen molar-refractivity contribution in [3.05, 3.63) is 0 Å². The molecule has 0 amide bonds. The van der Waals surface area contributed by atoms with Gasteiger partial charge in [-0.3, -0.25) is 0 Å². The van der Waals surface area contributed by atoms with E-state index in [4.69, 9.17) is 13.4 Å². The Morgan fingerprint density at radius 2 is 1.50 bits per heavy atom. The lowest BCUT2D eigenvalue weighted by Gasteiger charge is -2.32. The molecule has 58 valence electrons. The highest BCUT2D eigenvalue weighted by atomic mass is 16.7. The average molecular weight is 146 g/mol. The van der Waals surface area contributed by atoms with Gasteiger partial charge in [-0.15, -0.1) is 0 Å². The molecule has 0 radical (unpaired) electrons. The summed E-state index contributed by atoms with van der Waals surface area (Å²) in [4.78, 5) is 0.